The van der Waals surface area contributed by atoms with Gasteiger partial charge in [0.25, 0.3) is 5.91 Å². The molecular weight excluding hydrogens is 220 g/mol. The number of fused-ring (bicyclic) bond motifs is 1. The molecular formula is C11H12N4O2. The summed E-state index contributed by atoms with van der Waals surface area (Å²) in [6, 6.07) is 0. The number of aromatic nitrogens is 2. The van der Waals surface area contributed by atoms with Gasteiger partial charge in [-0.15, -0.1) is 0 Å². The van der Waals surface area contributed by atoms with Crippen LogP contribution in [0.4, 0.5) is 0 Å². The molecule has 17 heavy (non-hydrogen) atoms. The smallest absolute Gasteiger partial charge is 0.274 e. The SMILES string of the molecule is O=C1NC[C@@H]2CN(C(=O)c3cnccn3)C[C@@H]12. The zero-order valence-electron chi connectivity index (χ0n) is 9.17. The fourth-order valence-corrected chi connectivity index (χ4v) is 2.48. The fraction of sp³-hybridized carbons (Fsp3) is 0.455. The molecule has 3 rings (SSSR count). The first-order chi connectivity index (χ1) is 8.25. The molecule has 0 aliphatic carbocycles. The van der Waals surface area contributed by atoms with Gasteiger partial charge in [0.1, 0.15) is 5.69 Å². The average molecular weight is 232 g/mol. The van der Waals surface area contributed by atoms with Gasteiger partial charge in [-0.1, -0.05) is 0 Å². The van der Waals surface area contributed by atoms with Gasteiger partial charge in [-0.2, -0.15) is 0 Å². The molecule has 6 heteroatoms. The Kier molecular flexibility index (Phi) is 2.28. The van der Waals surface area contributed by atoms with Gasteiger partial charge < -0.3 is 10.2 Å². The minimum Gasteiger partial charge on any atom is -0.355 e. The van der Waals surface area contributed by atoms with Crippen LogP contribution in [-0.2, 0) is 4.79 Å². The first-order valence-electron chi connectivity index (χ1n) is 5.58. The lowest BCUT2D eigenvalue weighted by Crippen LogP contribution is -2.33. The number of hydrogen-bond acceptors (Lipinski definition) is 4. The van der Waals surface area contributed by atoms with E-state index in [0.29, 0.717) is 25.3 Å². The molecule has 6 nitrogen and oxygen atoms in total. The largest absolute Gasteiger partial charge is 0.355 e. The lowest BCUT2D eigenvalue weighted by atomic mass is 10.0. The molecule has 1 aromatic rings. The molecule has 0 saturated carbocycles. The molecule has 2 amide bonds. The van der Waals surface area contributed by atoms with E-state index in [4.69, 9.17) is 0 Å². The normalized spacial score (nSPS) is 26.8. The summed E-state index contributed by atoms with van der Waals surface area (Å²) in [5, 5.41) is 2.82. The van der Waals surface area contributed by atoms with Crippen molar-refractivity contribution in [3.63, 3.8) is 0 Å². The van der Waals surface area contributed by atoms with Gasteiger partial charge >= 0.3 is 0 Å². The van der Waals surface area contributed by atoms with E-state index in [0.717, 1.165) is 0 Å². The Balaban J connectivity index is 1.76. The third-order valence-corrected chi connectivity index (χ3v) is 3.39. The van der Waals surface area contributed by atoms with Crippen LogP contribution in [0.3, 0.4) is 0 Å². The minimum atomic E-state index is -0.139. The van der Waals surface area contributed by atoms with E-state index >= 15 is 0 Å². The second-order valence-corrected chi connectivity index (χ2v) is 4.41. The van der Waals surface area contributed by atoms with Crippen molar-refractivity contribution in [3.05, 3.63) is 24.3 Å². The highest BCUT2D eigenvalue weighted by atomic mass is 16.2. The molecule has 1 aromatic heterocycles. The highest BCUT2D eigenvalue weighted by Gasteiger charge is 2.43. The fourth-order valence-electron chi connectivity index (χ4n) is 2.48. The van der Waals surface area contributed by atoms with E-state index in [1.807, 2.05) is 0 Å². The summed E-state index contributed by atoms with van der Waals surface area (Å²) >= 11 is 0. The number of carbonyl (C=O) groups excluding carboxylic acids is 2. The van der Waals surface area contributed by atoms with Gasteiger partial charge in [0, 0.05) is 37.9 Å². The topological polar surface area (TPSA) is 75.2 Å². The van der Waals surface area contributed by atoms with Crippen molar-refractivity contribution in [1.82, 2.24) is 20.2 Å². The number of nitrogens with one attached hydrogen (secondary N) is 1. The van der Waals surface area contributed by atoms with Crippen molar-refractivity contribution in [1.29, 1.82) is 0 Å². The van der Waals surface area contributed by atoms with Crippen molar-refractivity contribution < 1.29 is 9.59 Å². The quantitative estimate of drug-likeness (QED) is 0.694. The van der Waals surface area contributed by atoms with Crippen LogP contribution in [0.2, 0.25) is 0 Å². The maximum absolute atomic E-state index is 12.1. The molecule has 0 aromatic carbocycles. The molecule has 0 radical (unpaired) electrons. The van der Waals surface area contributed by atoms with E-state index in [9.17, 15) is 9.59 Å². The van der Waals surface area contributed by atoms with Gasteiger partial charge in [0.15, 0.2) is 0 Å². The summed E-state index contributed by atoms with van der Waals surface area (Å²) in [5.74, 6) is 0.128. The maximum Gasteiger partial charge on any atom is 0.274 e. The van der Waals surface area contributed by atoms with Crippen LogP contribution in [-0.4, -0.2) is 46.3 Å². The summed E-state index contributed by atoms with van der Waals surface area (Å²) < 4.78 is 0. The zero-order valence-corrected chi connectivity index (χ0v) is 9.17. The van der Waals surface area contributed by atoms with Gasteiger partial charge in [0.2, 0.25) is 5.91 Å². The zero-order chi connectivity index (χ0) is 11.8. The monoisotopic (exact) mass is 232 g/mol. The number of hydrogen-bond donors (Lipinski definition) is 1. The Bertz CT molecular complexity index is 462. The molecule has 1 N–H and O–H groups in total. The molecule has 2 fully saturated rings. The molecule has 0 bridgehead atoms. The second-order valence-electron chi connectivity index (χ2n) is 4.41. The van der Waals surface area contributed by atoms with Gasteiger partial charge in [-0.3, -0.25) is 14.6 Å². The molecule has 2 atom stereocenters. The van der Waals surface area contributed by atoms with Crippen LogP contribution in [0.15, 0.2) is 18.6 Å². The Hall–Kier alpha value is -1.98. The van der Waals surface area contributed by atoms with E-state index in [1.54, 1.807) is 4.90 Å². The molecule has 88 valence electrons. The van der Waals surface area contributed by atoms with Crippen molar-refractivity contribution in [2.75, 3.05) is 19.6 Å². The van der Waals surface area contributed by atoms with Crippen molar-refractivity contribution in [2.24, 2.45) is 11.8 Å². The van der Waals surface area contributed by atoms with Gasteiger partial charge in [-0.25, -0.2) is 4.98 Å². The summed E-state index contributed by atoms with van der Waals surface area (Å²) in [6.45, 7) is 1.79. The van der Waals surface area contributed by atoms with Crippen molar-refractivity contribution >= 4 is 11.8 Å². The van der Waals surface area contributed by atoms with Gasteiger partial charge in [0.05, 0.1) is 12.1 Å². The first kappa shape index (κ1) is 10.2. The van der Waals surface area contributed by atoms with E-state index in [1.165, 1.54) is 18.6 Å². The Morgan fingerprint density at radius 2 is 2.29 bits per heavy atom. The standard InChI is InChI=1S/C11H12N4O2/c16-10-8-6-15(5-7(8)3-14-10)11(17)9-4-12-1-2-13-9/h1-2,4,7-8H,3,5-6H2,(H,14,16)/t7-,8-/m1/s1. The average Bonchev–Trinajstić information content (AvgIpc) is 2.92. The predicted molar refractivity (Wildman–Crippen MR) is 57.9 cm³/mol. The van der Waals surface area contributed by atoms with Crippen LogP contribution in [0.5, 0.6) is 0 Å². The van der Waals surface area contributed by atoms with Crippen molar-refractivity contribution in [2.45, 2.75) is 0 Å². The third kappa shape index (κ3) is 1.65. The molecule has 2 aliphatic heterocycles. The number of amides is 2. The number of nitrogens with zero attached hydrogens (tertiary/aromatic N) is 3. The van der Waals surface area contributed by atoms with E-state index in [2.05, 4.69) is 15.3 Å². The Morgan fingerprint density at radius 1 is 1.41 bits per heavy atom. The highest BCUT2D eigenvalue weighted by Crippen LogP contribution is 2.27. The summed E-state index contributed by atoms with van der Waals surface area (Å²) in [7, 11) is 0. The molecule has 0 spiro atoms. The van der Waals surface area contributed by atoms with Crippen LogP contribution in [0.25, 0.3) is 0 Å². The highest BCUT2D eigenvalue weighted by molar-refractivity contribution is 5.93. The summed E-state index contributed by atoms with van der Waals surface area (Å²) in [5.41, 5.74) is 0.341. The molecule has 3 heterocycles. The Morgan fingerprint density at radius 3 is 3.00 bits per heavy atom. The minimum absolute atomic E-state index is 0.0457. The first-order valence-corrected chi connectivity index (χ1v) is 5.58. The number of likely N-dealkylation sites (tertiary alicyclic amines) is 1. The Labute approximate surface area is 98.0 Å². The molecule has 2 aliphatic rings. The molecule has 0 unspecified atom stereocenters. The van der Waals surface area contributed by atoms with Crippen molar-refractivity contribution in [3.8, 4) is 0 Å². The maximum atomic E-state index is 12.1. The van der Waals surface area contributed by atoms with Crippen LogP contribution in [0.1, 0.15) is 10.5 Å². The summed E-state index contributed by atoms with van der Waals surface area (Å²) in [6.07, 6.45) is 4.48. The van der Waals surface area contributed by atoms with Crippen LogP contribution >= 0.6 is 0 Å². The predicted octanol–water partition coefficient (Wildman–Crippen LogP) is -0.705. The lowest BCUT2D eigenvalue weighted by molar-refractivity contribution is -0.122. The second kappa shape index (κ2) is 3.80. The lowest BCUT2D eigenvalue weighted by Gasteiger charge is -2.16. The third-order valence-electron chi connectivity index (χ3n) is 3.39. The van der Waals surface area contributed by atoms with Crippen LogP contribution < -0.4 is 5.32 Å². The number of carbonyl (C=O) groups is 2. The van der Waals surface area contributed by atoms with Gasteiger partial charge in [-0.05, 0) is 0 Å². The molecule has 2 saturated heterocycles. The van der Waals surface area contributed by atoms with E-state index < -0.39 is 0 Å². The summed E-state index contributed by atoms with van der Waals surface area (Å²) in [4.78, 5) is 33.1. The number of rotatable bonds is 1. The van der Waals surface area contributed by atoms with E-state index in [-0.39, 0.29) is 23.7 Å². The van der Waals surface area contributed by atoms with Crippen LogP contribution in [0, 0.1) is 11.8 Å².